The smallest absolute Gasteiger partial charge is 0.229 e. The van der Waals surface area contributed by atoms with Crippen molar-refractivity contribution < 1.29 is 4.21 Å². The van der Waals surface area contributed by atoms with Gasteiger partial charge < -0.3 is 4.90 Å². The zero-order valence-electron chi connectivity index (χ0n) is 21.1. The fourth-order valence-corrected chi connectivity index (χ4v) is 5.06. The molecule has 1 saturated heterocycles. The first kappa shape index (κ1) is 23.6. The molecule has 182 valence electrons. The van der Waals surface area contributed by atoms with Gasteiger partial charge in [-0.15, -0.1) is 5.10 Å². The van der Waals surface area contributed by atoms with Gasteiger partial charge in [0.15, 0.2) is 11.5 Å². The van der Waals surface area contributed by atoms with Crippen molar-refractivity contribution >= 4 is 39.2 Å². The average Bonchev–Trinajstić information content (AvgIpc) is 3.29. The average molecular weight is 489 g/mol. The van der Waals surface area contributed by atoms with Gasteiger partial charge in [0.1, 0.15) is 11.0 Å². The first-order valence-electron chi connectivity index (χ1n) is 12.2. The van der Waals surface area contributed by atoms with E-state index < -0.39 is 15.7 Å². The third kappa shape index (κ3) is 4.59. The van der Waals surface area contributed by atoms with Gasteiger partial charge in [0.05, 0.1) is 16.0 Å². The number of aromatic nitrogens is 4. The predicted octanol–water partition coefficient (Wildman–Crippen LogP) is 5.51. The largest absolute Gasteiger partial charge is 0.341 e. The standard InChI is InChI=1S/C27H32N6OS/c1-18-16-21(19(2)31-35(34)27(3,4)5)23-22(17-18)25-29-24(20-12-8-6-9-13-20)30-33(25)26(28-23)32-14-10-7-11-15-32/h6,8-9,12-13,16-17H,7,10-11,14-15H2,1-5H3/t35-/m1/s1. The molecule has 0 saturated carbocycles. The number of rotatable bonds is 4. The molecule has 0 N–H and O–H groups in total. The topological polar surface area (TPSA) is 75.8 Å². The Labute approximate surface area is 208 Å². The minimum Gasteiger partial charge on any atom is -0.341 e. The summed E-state index contributed by atoms with van der Waals surface area (Å²) in [4.78, 5) is 12.5. The van der Waals surface area contributed by atoms with Gasteiger partial charge in [0.25, 0.3) is 0 Å². The summed E-state index contributed by atoms with van der Waals surface area (Å²) < 4.78 is 18.9. The molecule has 0 aliphatic carbocycles. The minimum absolute atomic E-state index is 0.432. The lowest BCUT2D eigenvalue weighted by molar-refractivity contribution is 0.563. The van der Waals surface area contributed by atoms with Crippen LogP contribution in [0.1, 0.15) is 58.1 Å². The molecule has 1 aliphatic heterocycles. The Morgan fingerprint density at radius 2 is 1.74 bits per heavy atom. The summed E-state index contributed by atoms with van der Waals surface area (Å²) in [6.07, 6.45) is 3.50. The highest BCUT2D eigenvalue weighted by molar-refractivity contribution is 7.85. The third-order valence-corrected chi connectivity index (χ3v) is 7.80. The number of nitrogens with zero attached hydrogens (tertiary/aromatic N) is 6. The van der Waals surface area contributed by atoms with Crippen molar-refractivity contribution in [3.63, 3.8) is 0 Å². The van der Waals surface area contributed by atoms with Crippen LogP contribution < -0.4 is 4.90 Å². The van der Waals surface area contributed by atoms with E-state index >= 15 is 0 Å². The molecule has 8 heteroatoms. The maximum atomic E-state index is 12.8. The lowest BCUT2D eigenvalue weighted by Gasteiger charge is -2.28. The van der Waals surface area contributed by atoms with Crippen LogP contribution >= 0.6 is 0 Å². The number of piperidine rings is 1. The van der Waals surface area contributed by atoms with Crippen molar-refractivity contribution in [1.82, 2.24) is 19.6 Å². The molecule has 0 bridgehead atoms. The highest BCUT2D eigenvalue weighted by atomic mass is 32.2. The Hall–Kier alpha value is -3.13. The molecule has 35 heavy (non-hydrogen) atoms. The van der Waals surface area contributed by atoms with Gasteiger partial charge in [0.2, 0.25) is 5.95 Å². The fourth-order valence-electron chi connectivity index (χ4n) is 4.44. The Bertz CT molecular complexity index is 1450. The third-order valence-electron chi connectivity index (χ3n) is 6.31. The first-order chi connectivity index (χ1) is 16.7. The van der Waals surface area contributed by atoms with Crippen LogP contribution in [0.25, 0.3) is 27.9 Å². The van der Waals surface area contributed by atoms with Crippen LogP contribution in [0.15, 0.2) is 46.9 Å². The van der Waals surface area contributed by atoms with Gasteiger partial charge in [-0.1, -0.05) is 30.3 Å². The Balaban J connectivity index is 1.79. The van der Waals surface area contributed by atoms with Crippen molar-refractivity contribution in [2.75, 3.05) is 18.0 Å². The fraction of sp³-hybridized carbons (Fsp3) is 0.407. The van der Waals surface area contributed by atoms with Crippen molar-refractivity contribution in [3.8, 4) is 11.4 Å². The van der Waals surface area contributed by atoms with Crippen LogP contribution in [0.5, 0.6) is 0 Å². The van der Waals surface area contributed by atoms with E-state index in [9.17, 15) is 4.21 Å². The van der Waals surface area contributed by atoms with E-state index in [1.165, 1.54) is 6.42 Å². The molecule has 2 aromatic carbocycles. The molecular formula is C27H32N6OS. The summed E-state index contributed by atoms with van der Waals surface area (Å²) >= 11 is 0. The molecule has 4 aromatic rings. The zero-order chi connectivity index (χ0) is 24.7. The Morgan fingerprint density at radius 1 is 1.03 bits per heavy atom. The van der Waals surface area contributed by atoms with E-state index in [2.05, 4.69) is 28.4 Å². The number of benzene rings is 2. The van der Waals surface area contributed by atoms with Crippen molar-refractivity contribution in [2.24, 2.45) is 4.40 Å². The summed E-state index contributed by atoms with van der Waals surface area (Å²) in [5.74, 6) is 1.48. The van der Waals surface area contributed by atoms with Gasteiger partial charge in [0, 0.05) is 29.6 Å². The highest BCUT2D eigenvalue weighted by Gasteiger charge is 2.24. The zero-order valence-corrected chi connectivity index (χ0v) is 21.9. The summed E-state index contributed by atoms with van der Waals surface area (Å²) in [5.41, 5.74) is 5.26. The number of hydrogen-bond donors (Lipinski definition) is 0. The van der Waals surface area contributed by atoms with Gasteiger partial charge in [-0.2, -0.15) is 8.91 Å². The van der Waals surface area contributed by atoms with Gasteiger partial charge in [-0.25, -0.2) is 14.2 Å². The lowest BCUT2D eigenvalue weighted by atomic mass is 10.0. The van der Waals surface area contributed by atoms with Crippen molar-refractivity contribution in [2.45, 2.75) is 58.6 Å². The SMILES string of the molecule is CC(=N[S@](=O)C(C)(C)C)c1cc(C)cc2c1nc(N1CCCCC1)n1nc(-c3ccccc3)nc21. The number of anilines is 1. The lowest BCUT2D eigenvalue weighted by Crippen LogP contribution is -2.32. The van der Waals surface area contributed by atoms with Crippen LogP contribution in [0.2, 0.25) is 0 Å². The molecule has 5 rings (SSSR count). The quantitative estimate of drug-likeness (QED) is 0.354. The summed E-state index contributed by atoms with van der Waals surface area (Å²) in [5, 5.41) is 5.84. The number of fused-ring (bicyclic) bond motifs is 3. The molecule has 2 aromatic heterocycles. The van der Waals surface area contributed by atoms with Crippen molar-refractivity contribution in [1.29, 1.82) is 0 Å². The molecule has 0 spiro atoms. The van der Waals surface area contributed by atoms with E-state index in [1.54, 1.807) is 0 Å². The van der Waals surface area contributed by atoms with Crippen LogP contribution in [-0.4, -0.2) is 47.3 Å². The number of aryl methyl sites for hydroxylation is 1. The molecule has 1 aliphatic rings. The second kappa shape index (κ2) is 9.15. The monoisotopic (exact) mass is 488 g/mol. The maximum absolute atomic E-state index is 12.8. The van der Waals surface area contributed by atoms with E-state index in [-0.39, 0.29) is 0 Å². The summed E-state index contributed by atoms with van der Waals surface area (Å²) in [7, 11) is -1.36. The predicted molar refractivity (Wildman–Crippen MR) is 145 cm³/mol. The van der Waals surface area contributed by atoms with Crippen LogP contribution in [0, 0.1) is 6.92 Å². The highest BCUT2D eigenvalue weighted by Crippen LogP contribution is 2.30. The van der Waals surface area contributed by atoms with Crippen molar-refractivity contribution in [3.05, 3.63) is 53.6 Å². The van der Waals surface area contributed by atoms with E-state index in [0.717, 1.165) is 70.8 Å². The van der Waals surface area contributed by atoms with Crippen LogP contribution in [0.4, 0.5) is 5.95 Å². The summed E-state index contributed by atoms with van der Waals surface area (Å²) in [6, 6.07) is 14.2. The van der Waals surface area contributed by atoms with E-state index in [4.69, 9.17) is 15.1 Å². The second-order valence-corrected chi connectivity index (χ2v) is 12.1. The molecule has 0 amide bonds. The first-order valence-corrected chi connectivity index (χ1v) is 13.3. The van der Waals surface area contributed by atoms with Gasteiger partial charge >= 0.3 is 0 Å². The normalized spacial score (nSPS) is 16.3. The molecule has 7 nitrogen and oxygen atoms in total. The Kier molecular flexibility index (Phi) is 6.17. The van der Waals surface area contributed by atoms with E-state index in [0.29, 0.717) is 5.82 Å². The van der Waals surface area contributed by atoms with Gasteiger partial charge in [-0.3, -0.25) is 0 Å². The summed E-state index contributed by atoms with van der Waals surface area (Å²) in [6.45, 7) is 11.7. The minimum atomic E-state index is -1.36. The molecule has 0 radical (unpaired) electrons. The number of hydrogen-bond acceptors (Lipinski definition) is 5. The maximum Gasteiger partial charge on any atom is 0.229 e. The van der Waals surface area contributed by atoms with Crippen LogP contribution in [0.3, 0.4) is 0 Å². The molecule has 3 heterocycles. The molecule has 0 unspecified atom stereocenters. The van der Waals surface area contributed by atoms with E-state index in [1.807, 2.05) is 62.5 Å². The van der Waals surface area contributed by atoms with Gasteiger partial charge in [-0.05, 0) is 71.6 Å². The Morgan fingerprint density at radius 3 is 2.43 bits per heavy atom. The second-order valence-electron chi connectivity index (χ2n) is 10.2. The van der Waals surface area contributed by atoms with Crippen LogP contribution in [-0.2, 0) is 11.0 Å². The molecular weight excluding hydrogens is 456 g/mol. The molecule has 1 atom stereocenters. The molecule has 1 fully saturated rings.